The topological polar surface area (TPSA) is 95.1 Å². The minimum absolute atomic E-state index is 0.421. The molecule has 0 spiro atoms. The van der Waals surface area contributed by atoms with Gasteiger partial charge in [-0.05, 0) is 49.6 Å². The van der Waals surface area contributed by atoms with Gasteiger partial charge in [-0.1, -0.05) is 6.07 Å². The monoisotopic (exact) mass is 311 g/mol. The molecular formula is C18H21N3O2. The van der Waals surface area contributed by atoms with Crippen LogP contribution in [0.2, 0.25) is 0 Å². The van der Waals surface area contributed by atoms with Gasteiger partial charge in [0, 0.05) is 33.6 Å². The maximum absolute atomic E-state index is 10.7. The number of aromatic nitrogens is 1. The Balaban J connectivity index is 1.99. The SMILES string of the molecule is COc1cccc2[nH]c(C(O)C3=CC(C(C)=N)=C(N)CC3)cc12. The van der Waals surface area contributed by atoms with Gasteiger partial charge in [-0.15, -0.1) is 0 Å². The summed E-state index contributed by atoms with van der Waals surface area (Å²) in [5.74, 6) is 0.773. The van der Waals surface area contributed by atoms with Crippen molar-refractivity contribution in [3.63, 3.8) is 0 Å². The molecule has 1 aromatic carbocycles. The van der Waals surface area contributed by atoms with E-state index < -0.39 is 6.10 Å². The van der Waals surface area contributed by atoms with Crippen molar-refractivity contribution in [3.05, 3.63) is 52.9 Å². The summed E-state index contributed by atoms with van der Waals surface area (Å²) in [6.45, 7) is 1.71. The predicted octanol–water partition coefficient (Wildman–Crippen LogP) is 3.18. The van der Waals surface area contributed by atoms with E-state index >= 15 is 0 Å². The summed E-state index contributed by atoms with van der Waals surface area (Å²) in [7, 11) is 1.63. The van der Waals surface area contributed by atoms with Gasteiger partial charge in [0.2, 0.25) is 0 Å². The van der Waals surface area contributed by atoms with E-state index in [9.17, 15) is 5.11 Å². The molecule has 0 bridgehead atoms. The van der Waals surface area contributed by atoms with E-state index in [2.05, 4.69) is 4.98 Å². The number of aliphatic hydroxyl groups is 1. The van der Waals surface area contributed by atoms with Crippen molar-refractivity contribution < 1.29 is 9.84 Å². The van der Waals surface area contributed by atoms with Gasteiger partial charge in [0.1, 0.15) is 11.9 Å². The highest BCUT2D eigenvalue weighted by atomic mass is 16.5. The number of aliphatic hydroxyl groups excluding tert-OH is 1. The smallest absolute Gasteiger partial charge is 0.128 e. The fourth-order valence-electron chi connectivity index (χ4n) is 3.00. The summed E-state index contributed by atoms with van der Waals surface area (Å²) in [5, 5.41) is 19.5. The summed E-state index contributed by atoms with van der Waals surface area (Å²) in [4.78, 5) is 3.25. The van der Waals surface area contributed by atoms with E-state index in [-0.39, 0.29) is 0 Å². The van der Waals surface area contributed by atoms with Crippen molar-refractivity contribution in [3.8, 4) is 5.75 Å². The highest BCUT2D eigenvalue weighted by Gasteiger charge is 2.21. The number of nitrogens with two attached hydrogens (primary N) is 1. The number of fused-ring (bicyclic) bond motifs is 1. The van der Waals surface area contributed by atoms with Crippen molar-refractivity contribution in [2.24, 2.45) is 5.73 Å². The van der Waals surface area contributed by atoms with Gasteiger partial charge >= 0.3 is 0 Å². The van der Waals surface area contributed by atoms with Crippen molar-refractivity contribution in [2.75, 3.05) is 7.11 Å². The Morgan fingerprint density at radius 1 is 1.39 bits per heavy atom. The lowest BCUT2D eigenvalue weighted by atomic mass is 9.90. The largest absolute Gasteiger partial charge is 0.496 e. The first-order valence-corrected chi connectivity index (χ1v) is 7.59. The van der Waals surface area contributed by atoms with Crippen molar-refractivity contribution in [1.29, 1.82) is 5.41 Å². The van der Waals surface area contributed by atoms with Crippen LogP contribution in [0.1, 0.15) is 31.6 Å². The van der Waals surface area contributed by atoms with Crippen LogP contribution in [0, 0.1) is 5.41 Å². The normalized spacial score (nSPS) is 16.4. The number of allylic oxidation sites excluding steroid dienone is 3. The van der Waals surface area contributed by atoms with E-state index in [1.54, 1.807) is 14.0 Å². The molecule has 1 heterocycles. The first-order valence-electron chi connectivity index (χ1n) is 7.59. The van der Waals surface area contributed by atoms with Crippen LogP contribution in [0.15, 0.2) is 47.2 Å². The predicted molar refractivity (Wildman–Crippen MR) is 91.7 cm³/mol. The molecule has 120 valence electrons. The molecular weight excluding hydrogens is 290 g/mol. The fraction of sp³-hybridized carbons (Fsp3) is 0.278. The van der Waals surface area contributed by atoms with Crippen molar-refractivity contribution in [1.82, 2.24) is 4.98 Å². The number of aromatic amines is 1. The van der Waals surface area contributed by atoms with Gasteiger partial charge in [0.15, 0.2) is 0 Å². The van der Waals surface area contributed by atoms with Gasteiger partial charge < -0.3 is 26.0 Å². The molecule has 0 amide bonds. The Morgan fingerprint density at radius 3 is 2.87 bits per heavy atom. The van der Waals surface area contributed by atoms with Crippen LogP contribution in [-0.4, -0.2) is 22.9 Å². The summed E-state index contributed by atoms with van der Waals surface area (Å²) >= 11 is 0. The van der Waals surface area contributed by atoms with Gasteiger partial charge in [-0.3, -0.25) is 0 Å². The summed E-state index contributed by atoms with van der Waals surface area (Å²) < 4.78 is 5.36. The van der Waals surface area contributed by atoms with Crippen LogP contribution >= 0.6 is 0 Å². The Morgan fingerprint density at radius 2 is 2.17 bits per heavy atom. The Kier molecular flexibility index (Phi) is 3.96. The second kappa shape index (κ2) is 5.93. The van der Waals surface area contributed by atoms with Gasteiger partial charge in [-0.25, -0.2) is 0 Å². The molecule has 0 aliphatic heterocycles. The first-order chi connectivity index (χ1) is 11.0. The standard InChI is InChI=1S/C18H21N3O2/c1-10(19)12-8-11(6-7-14(12)20)18(22)16-9-13-15(21-16)4-3-5-17(13)23-2/h3-5,8-9,18-19,21-22H,6-7,20H2,1-2H3. The minimum Gasteiger partial charge on any atom is -0.496 e. The number of methoxy groups -OCH3 is 1. The molecule has 0 fully saturated rings. The average Bonchev–Trinajstić information content (AvgIpc) is 2.98. The van der Waals surface area contributed by atoms with E-state index in [1.807, 2.05) is 30.3 Å². The molecule has 1 aliphatic carbocycles. The molecule has 2 aromatic rings. The lowest BCUT2D eigenvalue weighted by molar-refractivity contribution is 0.206. The summed E-state index contributed by atoms with van der Waals surface area (Å²) in [6.07, 6.45) is 2.46. The zero-order valence-corrected chi connectivity index (χ0v) is 13.3. The van der Waals surface area contributed by atoms with Crippen LogP contribution in [0.5, 0.6) is 5.75 Å². The average molecular weight is 311 g/mol. The van der Waals surface area contributed by atoms with Gasteiger partial charge in [0.05, 0.1) is 7.11 Å². The van der Waals surface area contributed by atoms with E-state index in [0.717, 1.165) is 33.5 Å². The molecule has 1 aromatic heterocycles. The number of H-pyrrole nitrogens is 1. The fourth-order valence-corrected chi connectivity index (χ4v) is 3.00. The quantitative estimate of drug-likeness (QED) is 0.653. The first kappa shape index (κ1) is 15.4. The summed E-state index contributed by atoms with van der Waals surface area (Å²) in [6, 6.07) is 7.67. The van der Waals surface area contributed by atoms with Gasteiger partial charge in [-0.2, -0.15) is 0 Å². The number of hydrogen-bond acceptors (Lipinski definition) is 4. The number of nitrogens with one attached hydrogen (secondary N) is 2. The lowest BCUT2D eigenvalue weighted by Gasteiger charge is -2.20. The molecule has 5 nitrogen and oxygen atoms in total. The molecule has 1 unspecified atom stereocenters. The third-order valence-electron chi connectivity index (χ3n) is 4.27. The number of benzene rings is 1. The highest BCUT2D eigenvalue weighted by Crippen LogP contribution is 2.34. The molecule has 3 rings (SSSR count). The Hall–Kier alpha value is -2.53. The van der Waals surface area contributed by atoms with Crippen LogP contribution in [-0.2, 0) is 0 Å². The Labute approximate surface area is 135 Å². The maximum Gasteiger partial charge on any atom is 0.128 e. The number of ether oxygens (including phenoxy) is 1. The van der Waals surface area contributed by atoms with Gasteiger partial charge in [0.25, 0.3) is 0 Å². The highest BCUT2D eigenvalue weighted by molar-refractivity contribution is 5.99. The molecule has 0 saturated carbocycles. The van der Waals surface area contributed by atoms with Crippen LogP contribution < -0.4 is 10.5 Å². The second-order valence-electron chi connectivity index (χ2n) is 5.83. The molecule has 1 aliphatic rings. The molecule has 1 atom stereocenters. The maximum atomic E-state index is 10.7. The van der Waals surface area contributed by atoms with Crippen LogP contribution in [0.3, 0.4) is 0 Å². The molecule has 23 heavy (non-hydrogen) atoms. The Bertz CT molecular complexity index is 830. The number of hydrogen-bond donors (Lipinski definition) is 4. The summed E-state index contributed by atoms with van der Waals surface area (Å²) in [5.41, 5.74) is 10.3. The molecule has 0 radical (unpaired) electrons. The van der Waals surface area contributed by atoms with E-state index in [1.165, 1.54) is 0 Å². The lowest BCUT2D eigenvalue weighted by Crippen LogP contribution is -2.14. The van der Waals surface area contributed by atoms with E-state index in [0.29, 0.717) is 24.3 Å². The zero-order valence-electron chi connectivity index (χ0n) is 13.3. The molecule has 5 N–H and O–H groups in total. The van der Waals surface area contributed by atoms with E-state index in [4.69, 9.17) is 15.9 Å². The third-order valence-corrected chi connectivity index (χ3v) is 4.27. The van der Waals surface area contributed by atoms with Crippen LogP contribution in [0.25, 0.3) is 10.9 Å². The van der Waals surface area contributed by atoms with Crippen molar-refractivity contribution >= 4 is 16.6 Å². The zero-order chi connectivity index (χ0) is 16.6. The molecule has 0 saturated heterocycles. The third kappa shape index (κ3) is 2.75. The minimum atomic E-state index is -0.741. The van der Waals surface area contributed by atoms with Crippen LogP contribution in [0.4, 0.5) is 0 Å². The molecule has 5 heteroatoms. The second-order valence-corrected chi connectivity index (χ2v) is 5.83. The number of rotatable bonds is 4. The van der Waals surface area contributed by atoms with Crippen molar-refractivity contribution in [2.45, 2.75) is 25.9 Å².